The zero-order valence-electron chi connectivity index (χ0n) is 16.8. The van der Waals surface area contributed by atoms with Crippen molar-refractivity contribution >= 4 is 33.0 Å². The number of anilines is 1. The lowest BCUT2D eigenvalue weighted by atomic mass is 9.88. The Bertz CT molecular complexity index is 922. The van der Waals surface area contributed by atoms with Gasteiger partial charge in [-0.05, 0) is 49.3 Å². The van der Waals surface area contributed by atoms with E-state index in [0.717, 1.165) is 23.3 Å². The van der Waals surface area contributed by atoms with Crippen LogP contribution in [0.4, 0.5) is 5.69 Å². The van der Waals surface area contributed by atoms with E-state index in [1.165, 1.54) is 25.3 Å². The van der Waals surface area contributed by atoms with Gasteiger partial charge in [0.2, 0.25) is 0 Å². The number of rotatable bonds is 8. The van der Waals surface area contributed by atoms with Crippen LogP contribution in [0.15, 0.2) is 40.6 Å². The highest BCUT2D eigenvalue weighted by Crippen LogP contribution is 2.26. The molecule has 1 saturated carbocycles. The van der Waals surface area contributed by atoms with E-state index in [-0.39, 0.29) is 15.9 Å². The number of carbonyl (C=O) groups is 1. The van der Waals surface area contributed by atoms with Crippen LogP contribution in [0.2, 0.25) is 0 Å². The number of amides is 1. The van der Waals surface area contributed by atoms with Crippen LogP contribution < -0.4 is 10.0 Å². The molecule has 1 aliphatic rings. The first-order valence-corrected chi connectivity index (χ1v) is 12.3. The normalized spacial score (nSPS) is 19.7. The van der Waals surface area contributed by atoms with E-state index < -0.39 is 15.9 Å². The molecule has 2 aromatic rings. The van der Waals surface area contributed by atoms with Gasteiger partial charge in [0.1, 0.15) is 9.77 Å². The van der Waals surface area contributed by atoms with Gasteiger partial charge < -0.3 is 10.1 Å². The Labute approximate surface area is 176 Å². The Kier molecular flexibility index (Phi) is 7.32. The van der Waals surface area contributed by atoms with Crippen LogP contribution in [0.25, 0.3) is 0 Å². The van der Waals surface area contributed by atoms with Crippen molar-refractivity contribution in [1.82, 2.24) is 5.32 Å². The van der Waals surface area contributed by atoms with Crippen LogP contribution in [0.1, 0.15) is 47.8 Å². The predicted molar refractivity (Wildman–Crippen MR) is 116 cm³/mol. The fraction of sp³-hybridized carbons (Fsp3) is 0.476. The molecule has 158 valence electrons. The quantitative estimate of drug-likeness (QED) is 0.608. The summed E-state index contributed by atoms with van der Waals surface area (Å²) in [4.78, 5) is 12.7. The van der Waals surface area contributed by atoms with Gasteiger partial charge in [-0.2, -0.15) is 0 Å². The van der Waals surface area contributed by atoms with E-state index in [0.29, 0.717) is 24.8 Å². The molecule has 1 heterocycles. The molecule has 2 atom stereocenters. The SMILES string of the molecule is Cc1ccc(NS(=O)(=O)c2ccsc2C(=O)NCCOC2CCCCC2C)cc1. The molecule has 0 bridgehead atoms. The second kappa shape index (κ2) is 9.73. The largest absolute Gasteiger partial charge is 0.376 e. The fourth-order valence-electron chi connectivity index (χ4n) is 3.49. The van der Waals surface area contributed by atoms with Crippen molar-refractivity contribution < 1.29 is 17.9 Å². The van der Waals surface area contributed by atoms with Crippen LogP contribution >= 0.6 is 11.3 Å². The lowest BCUT2D eigenvalue weighted by Crippen LogP contribution is -2.32. The molecular weight excluding hydrogens is 408 g/mol. The molecule has 0 spiro atoms. The second-order valence-corrected chi connectivity index (χ2v) is 10.1. The lowest BCUT2D eigenvalue weighted by molar-refractivity contribution is -0.00293. The molecule has 1 aliphatic carbocycles. The topological polar surface area (TPSA) is 84.5 Å². The Hall–Kier alpha value is -1.90. The zero-order valence-corrected chi connectivity index (χ0v) is 18.4. The smallest absolute Gasteiger partial charge is 0.263 e. The Morgan fingerprint density at radius 2 is 1.90 bits per heavy atom. The lowest BCUT2D eigenvalue weighted by Gasteiger charge is -2.28. The fourth-order valence-corrected chi connectivity index (χ4v) is 5.89. The highest BCUT2D eigenvalue weighted by molar-refractivity contribution is 7.93. The third-order valence-corrected chi connectivity index (χ3v) is 7.65. The van der Waals surface area contributed by atoms with Crippen LogP contribution in [0.5, 0.6) is 0 Å². The molecule has 0 aliphatic heterocycles. The van der Waals surface area contributed by atoms with Gasteiger partial charge in [-0.1, -0.05) is 37.5 Å². The number of sulfonamides is 1. The molecule has 0 radical (unpaired) electrons. The van der Waals surface area contributed by atoms with E-state index in [4.69, 9.17) is 4.74 Å². The summed E-state index contributed by atoms with van der Waals surface area (Å²) < 4.78 is 33.9. The predicted octanol–water partition coefficient (Wildman–Crippen LogP) is 4.18. The summed E-state index contributed by atoms with van der Waals surface area (Å²) in [5.74, 6) is 0.144. The number of hydrogen-bond acceptors (Lipinski definition) is 5. The maximum absolute atomic E-state index is 12.7. The number of nitrogens with one attached hydrogen (secondary N) is 2. The molecule has 1 aromatic carbocycles. The summed E-state index contributed by atoms with van der Waals surface area (Å²) >= 11 is 1.11. The van der Waals surface area contributed by atoms with Crippen LogP contribution in [-0.2, 0) is 14.8 Å². The van der Waals surface area contributed by atoms with Crippen molar-refractivity contribution in [2.24, 2.45) is 5.92 Å². The molecule has 6 nitrogen and oxygen atoms in total. The molecule has 8 heteroatoms. The van der Waals surface area contributed by atoms with Crippen molar-refractivity contribution in [3.63, 3.8) is 0 Å². The van der Waals surface area contributed by atoms with Crippen LogP contribution in [0.3, 0.4) is 0 Å². The van der Waals surface area contributed by atoms with Gasteiger partial charge >= 0.3 is 0 Å². The monoisotopic (exact) mass is 436 g/mol. The van der Waals surface area contributed by atoms with Gasteiger partial charge in [-0.25, -0.2) is 8.42 Å². The summed E-state index contributed by atoms with van der Waals surface area (Å²) in [5.41, 5.74) is 1.50. The number of aryl methyl sites for hydroxylation is 1. The van der Waals surface area contributed by atoms with Gasteiger partial charge in [-0.3, -0.25) is 9.52 Å². The molecule has 0 saturated heterocycles. The van der Waals surface area contributed by atoms with E-state index in [1.54, 1.807) is 17.5 Å². The van der Waals surface area contributed by atoms with Crippen molar-refractivity contribution in [1.29, 1.82) is 0 Å². The summed E-state index contributed by atoms with van der Waals surface area (Å²) in [6.07, 6.45) is 4.93. The standard InChI is InChI=1S/C21H28N2O4S2/c1-15-7-9-17(10-8-15)23-29(25,26)19-11-14-28-20(19)21(24)22-12-13-27-18-6-4-3-5-16(18)2/h7-11,14,16,18,23H,3-6,12-13H2,1-2H3,(H,22,24). The number of thiophene rings is 1. The number of ether oxygens (including phenoxy) is 1. The third-order valence-electron chi connectivity index (χ3n) is 5.18. The van der Waals surface area contributed by atoms with E-state index in [2.05, 4.69) is 17.0 Å². The molecule has 1 amide bonds. The van der Waals surface area contributed by atoms with Crippen molar-refractivity contribution in [2.45, 2.75) is 50.5 Å². The zero-order chi connectivity index (χ0) is 20.9. The first-order chi connectivity index (χ1) is 13.9. The minimum absolute atomic E-state index is 0.0117. The molecule has 2 N–H and O–H groups in total. The highest BCUT2D eigenvalue weighted by Gasteiger charge is 2.25. The molecule has 1 fully saturated rings. The van der Waals surface area contributed by atoms with E-state index in [1.807, 2.05) is 19.1 Å². The van der Waals surface area contributed by atoms with Gasteiger partial charge in [0, 0.05) is 12.2 Å². The van der Waals surface area contributed by atoms with Crippen molar-refractivity contribution in [3.05, 3.63) is 46.2 Å². The minimum Gasteiger partial charge on any atom is -0.376 e. The maximum atomic E-state index is 12.7. The van der Waals surface area contributed by atoms with E-state index >= 15 is 0 Å². The van der Waals surface area contributed by atoms with Gasteiger partial charge in [-0.15, -0.1) is 11.3 Å². The minimum atomic E-state index is -3.85. The number of carbonyl (C=O) groups excluding carboxylic acids is 1. The highest BCUT2D eigenvalue weighted by atomic mass is 32.2. The van der Waals surface area contributed by atoms with Crippen molar-refractivity contribution in [3.8, 4) is 0 Å². The number of benzene rings is 1. The van der Waals surface area contributed by atoms with Gasteiger partial charge in [0.25, 0.3) is 15.9 Å². The van der Waals surface area contributed by atoms with Crippen molar-refractivity contribution in [2.75, 3.05) is 17.9 Å². The summed E-state index contributed by atoms with van der Waals surface area (Å²) in [6.45, 7) is 4.91. The molecular formula is C21H28N2O4S2. The Balaban J connectivity index is 1.56. The number of hydrogen-bond donors (Lipinski definition) is 2. The third kappa shape index (κ3) is 5.81. The summed E-state index contributed by atoms with van der Waals surface area (Å²) in [5, 5.41) is 4.39. The average molecular weight is 437 g/mol. The molecule has 29 heavy (non-hydrogen) atoms. The first kappa shape index (κ1) is 21.8. The maximum Gasteiger partial charge on any atom is 0.263 e. The average Bonchev–Trinajstić information content (AvgIpc) is 3.19. The van der Waals surface area contributed by atoms with Gasteiger partial charge in [0.05, 0.1) is 12.7 Å². The summed E-state index contributed by atoms with van der Waals surface area (Å²) in [6, 6.07) is 8.50. The van der Waals surface area contributed by atoms with Crippen LogP contribution in [0, 0.1) is 12.8 Å². The summed E-state index contributed by atoms with van der Waals surface area (Å²) in [7, 11) is -3.85. The molecule has 2 unspecified atom stereocenters. The Morgan fingerprint density at radius 3 is 2.62 bits per heavy atom. The van der Waals surface area contributed by atoms with Crippen LogP contribution in [-0.4, -0.2) is 33.6 Å². The molecule has 3 rings (SSSR count). The first-order valence-electron chi connectivity index (χ1n) is 9.93. The van der Waals surface area contributed by atoms with Gasteiger partial charge in [0.15, 0.2) is 0 Å². The second-order valence-electron chi connectivity index (χ2n) is 7.51. The molecule has 1 aromatic heterocycles. The Morgan fingerprint density at radius 1 is 1.17 bits per heavy atom. The van der Waals surface area contributed by atoms with E-state index in [9.17, 15) is 13.2 Å².